The summed E-state index contributed by atoms with van der Waals surface area (Å²) in [5, 5.41) is 17.4. The van der Waals surface area contributed by atoms with E-state index in [9.17, 15) is 24.3 Å². The first kappa shape index (κ1) is 45.7. The molecule has 2 saturated heterocycles. The third-order valence-corrected chi connectivity index (χ3v) is 11.9. The van der Waals surface area contributed by atoms with Crippen molar-refractivity contribution in [2.75, 3.05) is 38.5 Å². The number of epoxide rings is 1. The highest BCUT2D eigenvalue weighted by Gasteiger charge is 2.64. The predicted octanol–water partition coefficient (Wildman–Crippen LogP) is 6.44. The average molecular weight is 864 g/mol. The Bertz CT molecular complexity index is 2030. The van der Waals surface area contributed by atoms with E-state index in [-0.39, 0.29) is 33.8 Å². The molecule has 14 nitrogen and oxygen atoms in total. The number of fused-ring (bicyclic) bond motifs is 5. The normalized spacial score (nSPS) is 29.2. The number of halogens is 3. The third-order valence-electron chi connectivity index (χ3n) is 11.2. The molecule has 0 spiro atoms. The van der Waals surface area contributed by atoms with Crippen LogP contribution in [0.4, 0.5) is 20.6 Å². The molecule has 17 heteroatoms. The van der Waals surface area contributed by atoms with Gasteiger partial charge in [0, 0.05) is 39.6 Å². The number of rotatable bonds is 8. The number of allylic oxidation sites excluding steroid dienone is 3. The van der Waals surface area contributed by atoms with Crippen LogP contribution in [0.25, 0.3) is 0 Å². The molecule has 3 heterocycles. The number of esters is 1. The Balaban J connectivity index is 1.51. The lowest BCUT2D eigenvalue weighted by Crippen LogP contribution is -2.63. The number of likely N-dealkylation sites (N-methyl/N-ethyl adjacent to an activating group) is 1. The SMILES string of the molecule is COc1cc2cc(c1Cl)N(C)C(=O)C[C@H](OC(=O)[C@H](C)N(C)C(=O)c1cc(F)c(NC(C)C)cc1Cl)[C@]1(C)O[C@H]1[C@H](C)[C@@H]1C[C@@](O)(NC(=O)O1)[C@H](OC)/C=C/C=C(\C)C2. The lowest BCUT2D eigenvalue weighted by atomic mass is 9.83. The Labute approximate surface area is 353 Å². The molecule has 2 fully saturated rings. The van der Waals surface area contributed by atoms with Crippen LogP contribution in [0.15, 0.2) is 48.1 Å². The van der Waals surface area contributed by atoms with E-state index in [1.54, 1.807) is 38.1 Å². The van der Waals surface area contributed by atoms with E-state index in [1.165, 1.54) is 46.2 Å². The molecule has 0 unspecified atom stereocenters. The Kier molecular flexibility index (Phi) is 14.0. The van der Waals surface area contributed by atoms with E-state index in [0.29, 0.717) is 17.9 Å². The summed E-state index contributed by atoms with van der Waals surface area (Å²) in [6.07, 6.45) is 0.358. The maximum Gasteiger partial charge on any atom is 0.409 e. The van der Waals surface area contributed by atoms with E-state index >= 15 is 4.39 Å². The maximum absolute atomic E-state index is 15.0. The molecule has 59 heavy (non-hydrogen) atoms. The zero-order valence-electron chi connectivity index (χ0n) is 34.9. The number of methoxy groups -OCH3 is 2. The number of hydrogen-bond acceptors (Lipinski definition) is 11. The fraction of sp³-hybridized carbons (Fsp3) is 0.524. The van der Waals surface area contributed by atoms with E-state index in [1.807, 2.05) is 26.8 Å². The maximum atomic E-state index is 15.0. The Hall–Kier alpha value is -4.41. The molecular formula is C42H53Cl2FN4O10. The number of hydrogen-bond donors (Lipinski definition) is 3. The molecule has 3 aliphatic heterocycles. The fourth-order valence-corrected chi connectivity index (χ4v) is 8.06. The van der Waals surface area contributed by atoms with Crippen molar-refractivity contribution in [2.24, 2.45) is 5.92 Å². The molecule has 2 aromatic rings. The summed E-state index contributed by atoms with van der Waals surface area (Å²) in [7, 11) is 5.76. The second-order valence-electron chi connectivity index (χ2n) is 15.9. The molecule has 0 aliphatic carbocycles. The second-order valence-corrected chi connectivity index (χ2v) is 16.7. The summed E-state index contributed by atoms with van der Waals surface area (Å²) in [5.74, 6) is -3.10. The first-order valence-corrected chi connectivity index (χ1v) is 20.0. The number of nitrogens with one attached hydrogen (secondary N) is 2. The van der Waals surface area contributed by atoms with Crippen LogP contribution in [0.2, 0.25) is 10.0 Å². The van der Waals surface area contributed by atoms with Crippen LogP contribution in [0.3, 0.4) is 0 Å². The van der Waals surface area contributed by atoms with Gasteiger partial charge in [0.15, 0.2) is 5.72 Å². The number of alkyl carbamates (subject to hydrolysis) is 1. The van der Waals surface area contributed by atoms with Crippen molar-refractivity contribution >= 4 is 58.5 Å². The van der Waals surface area contributed by atoms with Gasteiger partial charge in [-0.25, -0.2) is 14.0 Å². The van der Waals surface area contributed by atoms with Gasteiger partial charge in [0.05, 0.1) is 41.6 Å². The van der Waals surface area contributed by atoms with Crippen molar-refractivity contribution in [3.63, 3.8) is 0 Å². The Morgan fingerprint density at radius 1 is 1.15 bits per heavy atom. The van der Waals surface area contributed by atoms with Crippen LogP contribution >= 0.6 is 23.2 Å². The molecule has 3 amide bonds. The number of aliphatic hydroxyl groups is 1. The van der Waals surface area contributed by atoms with Crippen LogP contribution < -0.4 is 20.3 Å². The van der Waals surface area contributed by atoms with Crippen molar-refractivity contribution in [1.29, 1.82) is 0 Å². The van der Waals surface area contributed by atoms with Crippen LogP contribution in [0.5, 0.6) is 5.75 Å². The highest BCUT2D eigenvalue weighted by molar-refractivity contribution is 6.35. The van der Waals surface area contributed by atoms with E-state index in [4.69, 9.17) is 46.9 Å². The van der Waals surface area contributed by atoms with Crippen molar-refractivity contribution < 1.29 is 52.4 Å². The fourth-order valence-electron chi connectivity index (χ4n) is 7.50. The zero-order valence-corrected chi connectivity index (χ0v) is 36.4. The Morgan fingerprint density at radius 3 is 2.49 bits per heavy atom. The number of carbonyl (C=O) groups excluding carboxylic acids is 4. The summed E-state index contributed by atoms with van der Waals surface area (Å²) in [5.41, 5.74) is -1.23. The van der Waals surface area contributed by atoms with Gasteiger partial charge >= 0.3 is 12.1 Å². The molecule has 0 saturated carbocycles. The number of amides is 3. The van der Waals surface area contributed by atoms with E-state index in [0.717, 1.165) is 22.1 Å². The van der Waals surface area contributed by atoms with Crippen molar-refractivity contribution in [3.05, 3.63) is 75.1 Å². The van der Waals surface area contributed by atoms with Gasteiger partial charge in [-0.1, -0.05) is 53.9 Å². The van der Waals surface area contributed by atoms with Gasteiger partial charge in [0.25, 0.3) is 5.91 Å². The molecular weight excluding hydrogens is 810 g/mol. The van der Waals surface area contributed by atoms with Crippen LogP contribution in [0.1, 0.15) is 70.3 Å². The lowest BCUT2D eigenvalue weighted by molar-refractivity contribution is -0.158. The van der Waals surface area contributed by atoms with E-state index < -0.39 is 83.8 Å². The lowest BCUT2D eigenvalue weighted by Gasteiger charge is -2.42. The predicted molar refractivity (Wildman–Crippen MR) is 220 cm³/mol. The molecule has 322 valence electrons. The minimum absolute atomic E-state index is 0.0280. The number of carbonyl (C=O) groups is 4. The first-order chi connectivity index (χ1) is 27.6. The smallest absolute Gasteiger partial charge is 0.409 e. The second kappa shape index (κ2) is 18.1. The quantitative estimate of drug-likeness (QED) is 0.197. The summed E-state index contributed by atoms with van der Waals surface area (Å²) in [6.45, 7) is 10.4. The number of benzene rings is 2. The number of anilines is 2. The van der Waals surface area contributed by atoms with E-state index in [2.05, 4.69) is 10.6 Å². The minimum Gasteiger partial charge on any atom is -0.495 e. The van der Waals surface area contributed by atoms with Crippen LogP contribution in [0, 0.1) is 11.7 Å². The van der Waals surface area contributed by atoms with Gasteiger partial charge in [-0.15, -0.1) is 0 Å². The summed E-state index contributed by atoms with van der Waals surface area (Å²) < 4.78 is 44.2. The highest BCUT2D eigenvalue weighted by atomic mass is 35.5. The van der Waals surface area contributed by atoms with Crippen LogP contribution in [-0.4, -0.2) is 110 Å². The molecule has 3 N–H and O–H groups in total. The van der Waals surface area contributed by atoms with Gasteiger partial charge in [-0.2, -0.15) is 0 Å². The van der Waals surface area contributed by atoms with Gasteiger partial charge in [0.2, 0.25) is 5.91 Å². The van der Waals surface area contributed by atoms with Crippen LogP contribution in [-0.2, 0) is 35.0 Å². The first-order valence-electron chi connectivity index (χ1n) is 19.3. The van der Waals surface area contributed by atoms with Gasteiger partial charge in [-0.05, 0) is 70.9 Å². The Morgan fingerprint density at radius 2 is 1.85 bits per heavy atom. The van der Waals surface area contributed by atoms with Crippen molar-refractivity contribution in [2.45, 2.75) is 109 Å². The number of nitrogens with zero attached hydrogens (tertiary/aromatic N) is 2. The minimum atomic E-state index is -1.87. The van der Waals surface area contributed by atoms with Gasteiger partial charge in [0.1, 0.15) is 46.5 Å². The third kappa shape index (κ3) is 9.81. The topological polar surface area (TPSA) is 168 Å². The standard InChI is InChI=1S/C42H53Cl2FN4O10/c1-21(2)46-29-18-27(43)26(17-28(29)45)38(51)48(7)24(5)39(52)58-34-19-35(50)49(8)30-15-25(16-31(55-9)36(30)44)14-22(3)12-11-13-33(56-10)42(54)20-32(57-40(53)47-42)23(4)37-41(34,6)59-37/h11-13,15-18,21,23-24,32-34,37,46,54H,14,19-20H2,1-10H3,(H,47,53)/b13-11+,22-12+/t23-,24+,32+,33-,34+,37+,41+,42+/m1/s1. The molecule has 4 bridgehead atoms. The molecule has 5 rings (SSSR count). The molecule has 3 aliphatic rings. The van der Waals surface area contributed by atoms with Crippen molar-refractivity contribution in [1.82, 2.24) is 10.2 Å². The van der Waals surface area contributed by atoms with Gasteiger partial charge < -0.3 is 43.9 Å². The largest absolute Gasteiger partial charge is 0.495 e. The van der Waals surface area contributed by atoms with Gasteiger partial charge in [-0.3, -0.25) is 14.9 Å². The monoisotopic (exact) mass is 862 g/mol. The average Bonchev–Trinajstić information content (AvgIpc) is 3.87. The summed E-state index contributed by atoms with van der Waals surface area (Å²) in [6, 6.07) is 4.49. The summed E-state index contributed by atoms with van der Waals surface area (Å²) >= 11 is 13.2. The molecule has 0 radical (unpaired) electrons. The van der Waals surface area contributed by atoms with Crippen molar-refractivity contribution in [3.8, 4) is 5.75 Å². The molecule has 2 aromatic carbocycles. The highest BCUT2D eigenvalue weighted by Crippen LogP contribution is 2.49. The summed E-state index contributed by atoms with van der Waals surface area (Å²) in [4.78, 5) is 57.2. The molecule has 8 atom stereocenters. The molecule has 0 aromatic heterocycles. The number of ether oxygens (including phenoxy) is 5. The zero-order chi connectivity index (χ0) is 43.7.